The van der Waals surface area contributed by atoms with Crippen LogP contribution in [0.25, 0.3) is 143 Å². The van der Waals surface area contributed by atoms with E-state index in [9.17, 15) is 0 Å². The maximum absolute atomic E-state index is 2.49. The quantitative estimate of drug-likeness (QED) is 0.154. The van der Waals surface area contributed by atoms with E-state index in [4.69, 9.17) is 0 Å². The van der Waals surface area contributed by atoms with Gasteiger partial charge in [-0.05, 0) is 138 Å². The third-order valence-electron chi connectivity index (χ3n) is 14.5. The van der Waals surface area contributed by atoms with Crippen LogP contribution < -0.4 is 0 Å². The van der Waals surface area contributed by atoms with Gasteiger partial charge in [0.15, 0.2) is 0 Å². The number of thiophene rings is 3. The predicted octanol–water partition coefficient (Wildman–Crippen LogP) is 19.9. The van der Waals surface area contributed by atoms with E-state index in [1.807, 2.05) is 34.0 Å². The Kier molecular flexibility index (Phi) is 8.20. The Hall–Kier alpha value is -7.40. The minimum absolute atomic E-state index is 1.02. The van der Waals surface area contributed by atoms with Crippen molar-refractivity contribution in [1.29, 1.82) is 0 Å². The van der Waals surface area contributed by atoms with Crippen LogP contribution in [0.2, 0.25) is 0 Å². The summed E-state index contributed by atoms with van der Waals surface area (Å²) in [5.74, 6) is 0. The fourth-order valence-corrected chi connectivity index (χ4v) is 15.1. The van der Waals surface area contributed by atoms with Gasteiger partial charge in [-0.2, -0.15) is 0 Å². The Morgan fingerprint density at radius 2 is 0.761 bits per heavy atom. The van der Waals surface area contributed by atoms with Crippen LogP contribution in [0, 0.1) is 0 Å². The minimum Gasteiger partial charge on any atom is -0.135 e. The summed E-state index contributed by atoms with van der Waals surface area (Å²) in [5.41, 5.74) is 13.3. The molecule has 1 aliphatic rings. The molecule has 1 aliphatic carbocycles. The van der Waals surface area contributed by atoms with Gasteiger partial charge < -0.3 is 0 Å². The smallest absolute Gasteiger partial charge is 0.0434 e. The van der Waals surface area contributed by atoms with Crippen LogP contribution in [0.5, 0.6) is 0 Å². The molecule has 3 aromatic heterocycles. The first-order valence-electron chi connectivity index (χ1n) is 23.2. The highest BCUT2D eigenvalue weighted by Crippen LogP contribution is 2.51. The van der Waals surface area contributed by atoms with Crippen LogP contribution >= 0.6 is 34.0 Å². The van der Waals surface area contributed by atoms with Crippen molar-refractivity contribution >= 4 is 133 Å². The SMILES string of the molecule is C1=Cc2c(c(-c3ccc4sc5ccccc5c4c3)c3ccccc3c2-c2ccc3c(c2)sc2c(-c4c5ccccc5c(-c5ccc6sc7ccccc7c6c5)c5ccccc45)cccc23)CC1. The molecule has 15 rings (SSSR count). The molecule has 11 aromatic carbocycles. The van der Waals surface area contributed by atoms with Gasteiger partial charge in [-0.3, -0.25) is 0 Å². The lowest BCUT2D eigenvalue weighted by molar-refractivity contribution is 0.991. The largest absolute Gasteiger partial charge is 0.135 e. The molecule has 0 saturated heterocycles. The fourth-order valence-electron chi connectivity index (χ4n) is 11.7. The Balaban J connectivity index is 0.928. The van der Waals surface area contributed by atoms with E-state index in [1.165, 1.54) is 148 Å². The van der Waals surface area contributed by atoms with Gasteiger partial charge in [0.1, 0.15) is 0 Å². The van der Waals surface area contributed by atoms with Gasteiger partial charge in [-0.1, -0.05) is 164 Å². The molecule has 0 atom stereocenters. The van der Waals surface area contributed by atoms with Crippen molar-refractivity contribution in [2.45, 2.75) is 12.8 Å². The highest BCUT2D eigenvalue weighted by atomic mass is 32.1. The second-order valence-corrected chi connectivity index (χ2v) is 21.3. The van der Waals surface area contributed by atoms with Crippen molar-refractivity contribution in [3.05, 3.63) is 211 Å². The van der Waals surface area contributed by atoms with Crippen molar-refractivity contribution < 1.29 is 0 Å². The topological polar surface area (TPSA) is 0 Å². The van der Waals surface area contributed by atoms with Crippen LogP contribution in [0.4, 0.5) is 0 Å². The monoisotopic (exact) mass is 902 g/mol. The maximum Gasteiger partial charge on any atom is 0.0434 e. The summed E-state index contributed by atoms with van der Waals surface area (Å²) >= 11 is 5.71. The van der Waals surface area contributed by atoms with Gasteiger partial charge in [-0.25, -0.2) is 0 Å². The zero-order valence-corrected chi connectivity index (χ0v) is 38.7. The Bertz CT molecular complexity index is 4400. The van der Waals surface area contributed by atoms with Crippen molar-refractivity contribution in [3.63, 3.8) is 0 Å². The first kappa shape index (κ1) is 37.8. The van der Waals surface area contributed by atoms with Gasteiger partial charge in [-0.15, -0.1) is 34.0 Å². The van der Waals surface area contributed by atoms with Crippen LogP contribution in [-0.4, -0.2) is 0 Å². The number of fused-ring (bicyclic) bond motifs is 13. The summed E-state index contributed by atoms with van der Waals surface area (Å²) in [6, 6.07) is 73.5. The van der Waals surface area contributed by atoms with E-state index in [1.54, 1.807) is 0 Å². The second kappa shape index (κ2) is 14.5. The molecule has 0 unspecified atom stereocenters. The van der Waals surface area contributed by atoms with Crippen LogP contribution in [0.15, 0.2) is 200 Å². The fraction of sp³-hybridized carbons (Fsp3) is 0.0312. The lowest BCUT2D eigenvalue weighted by Crippen LogP contribution is -2.02. The van der Waals surface area contributed by atoms with Gasteiger partial charge in [0, 0.05) is 66.1 Å². The molecule has 14 aromatic rings. The molecule has 67 heavy (non-hydrogen) atoms. The van der Waals surface area contributed by atoms with E-state index >= 15 is 0 Å². The van der Waals surface area contributed by atoms with Gasteiger partial charge in [0.25, 0.3) is 0 Å². The van der Waals surface area contributed by atoms with Crippen LogP contribution in [0.3, 0.4) is 0 Å². The molecule has 312 valence electrons. The molecule has 0 saturated carbocycles. The third kappa shape index (κ3) is 5.57. The second-order valence-electron chi connectivity index (χ2n) is 18.1. The van der Waals surface area contributed by atoms with Crippen molar-refractivity contribution in [2.75, 3.05) is 0 Å². The standard InChI is InChI=1S/C64H38S3/c1-3-18-45-43(16-1)60(37-29-32-57-53(34-37)40-14-9-11-26-55(40)65-57)44-17-2-4-19-46(44)62(45)39-28-31-42-51-24-13-25-52(64(51)67-59(42)36-39)63-49-22-7-5-20-47(49)61(48-21-6-8-23-50(48)63)38-30-33-58-54(35-38)41-15-10-12-27-56(41)66-58/h1,3-16,18-36H,2,17H2. The summed E-state index contributed by atoms with van der Waals surface area (Å²) in [4.78, 5) is 0. The Labute approximate surface area is 398 Å². The summed E-state index contributed by atoms with van der Waals surface area (Å²) in [6.45, 7) is 0. The van der Waals surface area contributed by atoms with Gasteiger partial charge in [0.2, 0.25) is 0 Å². The number of hydrogen-bond acceptors (Lipinski definition) is 3. The van der Waals surface area contributed by atoms with Crippen LogP contribution in [0.1, 0.15) is 17.5 Å². The number of hydrogen-bond donors (Lipinski definition) is 0. The maximum atomic E-state index is 2.49. The highest BCUT2D eigenvalue weighted by Gasteiger charge is 2.24. The number of allylic oxidation sites excluding steroid dienone is 1. The molecule has 0 aliphatic heterocycles. The van der Waals surface area contributed by atoms with E-state index in [-0.39, 0.29) is 0 Å². The average molecular weight is 903 g/mol. The molecule has 3 heteroatoms. The molecule has 0 nitrogen and oxygen atoms in total. The minimum atomic E-state index is 1.02. The van der Waals surface area contributed by atoms with Crippen molar-refractivity contribution in [2.24, 2.45) is 0 Å². The molecule has 0 spiro atoms. The van der Waals surface area contributed by atoms with E-state index < -0.39 is 0 Å². The molecule has 0 radical (unpaired) electrons. The predicted molar refractivity (Wildman–Crippen MR) is 297 cm³/mol. The highest BCUT2D eigenvalue weighted by molar-refractivity contribution is 7.27. The Morgan fingerprint density at radius 1 is 0.299 bits per heavy atom. The normalized spacial score (nSPS) is 12.9. The molecular weight excluding hydrogens is 865 g/mol. The molecule has 0 N–H and O–H groups in total. The number of benzene rings is 11. The van der Waals surface area contributed by atoms with E-state index in [2.05, 4.69) is 206 Å². The zero-order chi connectivity index (χ0) is 43.7. The van der Waals surface area contributed by atoms with Gasteiger partial charge in [0.05, 0.1) is 0 Å². The lowest BCUT2D eigenvalue weighted by Gasteiger charge is -2.24. The summed E-state index contributed by atoms with van der Waals surface area (Å²) < 4.78 is 8.01. The third-order valence-corrected chi connectivity index (χ3v) is 18.0. The summed E-state index contributed by atoms with van der Waals surface area (Å²) in [7, 11) is 0. The average Bonchev–Trinajstić information content (AvgIpc) is 4.08. The summed E-state index contributed by atoms with van der Waals surface area (Å²) in [5, 5.41) is 15.8. The molecule has 3 heterocycles. The van der Waals surface area contributed by atoms with E-state index in [0.29, 0.717) is 0 Å². The molecular formula is C64H38S3. The van der Waals surface area contributed by atoms with Crippen molar-refractivity contribution in [1.82, 2.24) is 0 Å². The van der Waals surface area contributed by atoms with Gasteiger partial charge >= 0.3 is 0 Å². The molecule has 0 fully saturated rings. The lowest BCUT2D eigenvalue weighted by atomic mass is 9.80. The molecule has 0 amide bonds. The van der Waals surface area contributed by atoms with Crippen molar-refractivity contribution in [3.8, 4) is 44.5 Å². The van der Waals surface area contributed by atoms with E-state index in [0.717, 1.165) is 12.8 Å². The summed E-state index contributed by atoms with van der Waals surface area (Å²) in [6.07, 6.45) is 6.87. The van der Waals surface area contributed by atoms with Crippen LogP contribution in [-0.2, 0) is 6.42 Å². The molecule has 0 bridgehead atoms. The Morgan fingerprint density at radius 3 is 1.39 bits per heavy atom. The first-order valence-corrected chi connectivity index (χ1v) is 25.7. The zero-order valence-electron chi connectivity index (χ0n) is 36.3. The first-order chi connectivity index (χ1) is 33.2. The number of rotatable bonds is 4.